The van der Waals surface area contributed by atoms with Gasteiger partial charge in [-0.1, -0.05) is 15.9 Å². The van der Waals surface area contributed by atoms with Crippen molar-refractivity contribution in [2.45, 2.75) is 11.8 Å². The number of ether oxygens (including phenoxy) is 2. The predicted molar refractivity (Wildman–Crippen MR) is 48.7 cm³/mol. The Kier molecular flexibility index (Phi) is 3.87. The lowest BCUT2D eigenvalue weighted by Crippen LogP contribution is -2.41. The van der Waals surface area contributed by atoms with Crippen molar-refractivity contribution in [1.82, 2.24) is 0 Å². The maximum Gasteiger partial charge on any atom is 0.318 e. The second-order valence-corrected chi connectivity index (χ2v) is 3.82. The molecule has 2 atom stereocenters. The van der Waals surface area contributed by atoms with Gasteiger partial charge in [0.2, 0.25) is 0 Å². The first-order valence-electron chi connectivity index (χ1n) is 4.09. The number of Topliss-reactive ketones (excluding diaryl/α,β-unsaturated/α-hetero) is 1. The molecule has 5 heteroatoms. The number of rotatable bonds is 2. The monoisotopic (exact) mass is 250 g/mol. The van der Waals surface area contributed by atoms with Gasteiger partial charge in [-0.05, 0) is 6.92 Å². The van der Waals surface area contributed by atoms with Gasteiger partial charge in [0.15, 0.2) is 5.78 Å². The maximum absolute atomic E-state index is 11.4. The van der Waals surface area contributed by atoms with Crippen molar-refractivity contribution in [3.05, 3.63) is 0 Å². The number of hydrogen-bond donors (Lipinski definition) is 0. The molecule has 0 amide bonds. The molecule has 74 valence electrons. The first-order chi connectivity index (χ1) is 6.16. The minimum absolute atomic E-state index is 0.139. The minimum atomic E-state index is -0.752. The molecule has 1 rings (SSSR count). The molecule has 1 saturated heterocycles. The van der Waals surface area contributed by atoms with E-state index in [1.54, 1.807) is 6.92 Å². The highest BCUT2D eigenvalue weighted by molar-refractivity contribution is 9.10. The van der Waals surface area contributed by atoms with Crippen molar-refractivity contribution in [3.63, 3.8) is 0 Å². The quantitative estimate of drug-likeness (QED) is 0.408. The fraction of sp³-hybridized carbons (Fsp3) is 0.750. The second kappa shape index (κ2) is 4.72. The van der Waals surface area contributed by atoms with Crippen LogP contribution in [0, 0.1) is 5.92 Å². The van der Waals surface area contributed by atoms with E-state index in [-0.39, 0.29) is 23.8 Å². The zero-order chi connectivity index (χ0) is 9.84. The summed E-state index contributed by atoms with van der Waals surface area (Å²) in [5, 5.41) is 0. The van der Waals surface area contributed by atoms with E-state index < -0.39 is 11.9 Å². The summed E-state index contributed by atoms with van der Waals surface area (Å²) in [6.45, 7) is 2.46. The Balaban J connectivity index is 2.57. The summed E-state index contributed by atoms with van der Waals surface area (Å²) >= 11 is 3.13. The molecule has 0 N–H and O–H groups in total. The Labute approximate surface area is 84.7 Å². The molecule has 1 heterocycles. The fourth-order valence-electron chi connectivity index (χ4n) is 1.10. The van der Waals surface area contributed by atoms with E-state index in [1.165, 1.54) is 0 Å². The standard InChI is InChI=1S/C8H11BrO4/c1-2-13-8(11)5-3-12-4-6(9)7(5)10/h5-6H,2-4H2,1H3/t5-,6-/m1/s1. The molecule has 0 spiro atoms. The average Bonchev–Trinajstić information content (AvgIpc) is 2.10. The first-order valence-corrected chi connectivity index (χ1v) is 5.00. The van der Waals surface area contributed by atoms with Gasteiger partial charge in [-0.2, -0.15) is 0 Å². The van der Waals surface area contributed by atoms with Crippen molar-refractivity contribution in [2.75, 3.05) is 19.8 Å². The number of ketones is 1. The van der Waals surface area contributed by atoms with Crippen LogP contribution in [0.2, 0.25) is 0 Å². The highest BCUT2D eigenvalue weighted by Crippen LogP contribution is 2.17. The molecule has 0 radical (unpaired) electrons. The zero-order valence-electron chi connectivity index (χ0n) is 7.29. The van der Waals surface area contributed by atoms with E-state index in [0.717, 1.165) is 0 Å². The van der Waals surface area contributed by atoms with Gasteiger partial charge in [-0.15, -0.1) is 0 Å². The minimum Gasteiger partial charge on any atom is -0.465 e. The van der Waals surface area contributed by atoms with Crippen LogP contribution in [-0.2, 0) is 19.1 Å². The molecular weight excluding hydrogens is 240 g/mol. The molecule has 13 heavy (non-hydrogen) atoms. The van der Waals surface area contributed by atoms with E-state index in [4.69, 9.17) is 9.47 Å². The van der Waals surface area contributed by atoms with Crippen LogP contribution < -0.4 is 0 Å². The van der Waals surface area contributed by atoms with Crippen LogP contribution in [0.25, 0.3) is 0 Å². The summed E-state index contributed by atoms with van der Waals surface area (Å²) in [5.41, 5.74) is 0. The SMILES string of the molecule is CCOC(=O)[C@@H]1COC[C@@H](Br)C1=O. The topological polar surface area (TPSA) is 52.6 Å². The molecule has 0 bridgehead atoms. The third-order valence-electron chi connectivity index (χ3n) is 1.77. The molecule has 1 aliphatic heterocycles. The number of esters is 1. The maximum atomic E-state index is 11.4. The van der Waals surface area contributed by atoms with Crippen LogP contribution >= 0.6 is 15.9 Å². The van der Waals surface area contributed by atoms with E-state index in [0.29, 0.717) is 6.61 Å². The third kappa shape index (κ3) is 2.51. The third-order valence-corrected chi connectivity index (χ3v) is 2.49. The lowest BCUT2D eigenvalue weighted by atomic mass is 10.0. The molecule has 0 aromatic rings. The van der Waals surface area contributed by atoms with E-state index in [2.05, 4.69) is 15.9 Å². The largest absolute Gasteiger partial charge is 0.465 e. The van der Waals surface area contributed by atoms with Crippen LogP contribution in [-0.4, -0.2) is 36.4 Å². The van der Waals surface area contributed by atoms with Crippen LogP contribution in [0.1, 0.15) is 6.92 Å². The Morgan fingerprint density at radius 2 is 2.38 bits per heavy atom. The molecule has 4 nitrogen and oxygen atoms in total. The fourth-order valence-corrected chi connectivity index (χ4v) is 1.60. The van der Waals surface area contributed by atoms with Gasteiger partial charge < -0.3 is 9.47 Å². The highest BCUT2D eigenvalue weighted by Gasteiger charge is 2.36. The van der Waals surface area contributed by atoms with Crippen LogP contribution in [0.3, 0.4) is 0 Å². The van der Waals surface area contributed by atoms with Crippen molar-refractivity contribution in [3.8, 4) is 0 Å². The smallest absolute Gasteiger partial charge is 0.318 e. The van der Waals surface area contributed by atoms with Gasteiger partial charge in [-0.3, -0.25) is 9.59 Å². The van der Waals surface area contributed by atoms with Gasteiger partial charge >= 0.3 is 5.97 Å². The van der Waals surface area contributed by atoms with Gasteiger partial charge in [0.1, 0.15) is 5.92 Å². The highest BCUT2D eigenvalue weighted by atomic mass is 79.9. The van der Waals surface area contributed by atoms with Crippen molar-refractivity contribution < 1.29 is 19.1 Å². The second-order valence-electron chi connectivity index (χ2n) is 2.71. The van der Waals surface area contributed by atoms with Crippen LogP contribution in [0.15, 0.2) is 0 Å². The summed E-state index contributed by atoms with van der Waals surface area (Å²) in [6.07, 6.45) is 0. The van der Waals surface area contributed by atoms with Gasteiger partial charge in [0.25, 0.3) is 0 Å². The van der Waals surface area contributed by atoms with Gasteiger partial charge in [-0.25, -0.2) is 0 Å². The molecule has 0 saturated carbocycles. The normalized spacial score (nSPS) is 28.6. The molecule has 0 aliphatic carbocycles. The Morgan fingerprint density at radius 1 is 1.69 bits per heavy atom. The number of carbonyl (C=O) groups is 2. The molecule has 1 fully saturated rings. The average molecular weight is 251 g/mol. The Bertz CT molecular complexity index is 216. The van der Waals surface area contributed by atoms with Crippen molar-refractivity contribution in [2.24, 2.45) is 5.92 Å². The molecule has 0 aromatic carbocycles. The van der Waals surface area contributed by atoms with Crippen molar-refractivity contribution >= 4 is 27.7 Å². The number of halogens is 1. The van der Waals surface area contributed by atoms with E-state index in [9.17, 15) is 9.59 Å². The van der Waals surface area contributed by atoms with Crippen LogP contribution in [0.5, 0.6) is 0 Å². The zero-order valence-corrected chi connectivity index (χ0v) is 8.87. The van der Waals surface area contributed by atoms with Gasteiger partial charge in [0.05, 0.1) is 24.6 Å². The molecule has 1 aliphatic rings. The lowest BCUT2D eigenvalue weighted by Gasteiger charge is -2.22. The number of alkyl halides is 1. The summed E-state index contributed by atoms with van der Waals surface area (Å²) < 4.78 is 9.80. The molecule has 0 unspecified atom stereocenters. The Hall–Kier alpha value is -0.420. The first kappa shape index (κ1) is 10.7. The van der Waals surface area contributed by atoms with Crippen LogP contribution in [0.4, 0.5) is 0 Å². The summed E-state index contributed by atoms with van der Waals surface area (Å²) in [6, 6.07) is 0. The lowest BCUT2D eigenvalue weighted by molar-refractivity contribution is -0.156. The summed E-state index contributed by atoms with van der Waals surface area (Å²) in [7, 11) is 0. The van der Waals surface area contributed by atoms with Gasteiger partial charge in [0, 0.05) is 0 Å². The summed E-state index contributed by atoms with van der Waals surface area (Å²) in [5.74, 6) is -1.39. The molecular formula is C8H11BrO4. The predicted octanol–water partition coefficient (Wildman–Crippen LogP) is 0.528. The van der Waals surface area contributed by atoms with Crippen molar-refractivity contribution in [1.29, 1.82) is 0 Å². The molecule has 0 aromatic heterocycles. The number of hydrogen-bond acceptors (Lipinski definition) is 4. The van der Waals surface area contributed by atoms with E-state index >= 15 is 0 Å². The Morgan fingerprint density at radius 3 is 3.00 bits per heavy atom. The number of carbonyl (C=O) groups excluding carboxylic acids is 2. The summed E-state index contributed by atoms with van der Waals surface area (Å²) in [4.78, 5) is 22.2. The van der Waals surface area contributed by atoms with E-state index in [1.807, 2.05) is 0 Å².